The van der Waals surface area contributed by atoms with Gasteiger partial charge in [-0.2, -0.15) is 0 Å². The van der Waals surface area contributed by atoms with Crippen LogP contribution in [0.1, 0.15) is 0 Å². The van der Waals surface area contributed by atoms with Crippen molar-refractivity contribution in [3.63, 3.8) is 0 Å². The van der Waals surface area contributed by atoms with Crippen LogP contribution >= 0.6 is 0 Å². The van der Waals surface area contributed by atoms with Gasteiger partial charge >= 0.3 is 0 Å². The minimum atomic E-state index is 0. The quantitative estimate of drug-likeness (QED) is 0.155. The van der Waals surface area contributed by atoms with Crippen molar-refractivity contribution in [1.29, 1.82) is 0 Å². The number of aromatic nitrogens is 2. The molecule has 11 rings (SSSR count). The summed E-state index contributed by atoms with van der Waals surface area (Å²) in [6, 6.07) is 83.5. The van der Waals surface area contributed by atoms with Crippen LogP contribution in [0.3, 0.4) is 0 Å². The van der Waals surface area contributed by atoms with Gasteiger partial charge in [0.05, 0.1) is 0 Å². The first kappa shape index (κ1) is 39.2. The van der Waals surface area contributed by atoms with Crippen LogP contribution in [0, 0.1) is 12.1 Å². The van der Waals surface area contributed by atoms with Gasteiger partial charge < -0.3 is 9.97 Å². The standard InChI is InChI=1S/C47H30N.C11H8N.Ir/c1-3-20-38-32(12-1)14-9-23-41(38)43-27-28-45(42-24-10-15-33-13-2-4-21-39(33)42)47-40(22-11-25-44(43)47)36-18-7-16-34(30-36)35-17-8-19-37(31-35)46-26-5-6-29-48-46;1-2-6-10(7-3-1)11-8-4-5-9-12-11;/h1-18,20-31H;1-6,8-9H;/q2*-1;. The van der Waals surface area contributed by atoms with Gasteiger partial charge in [0.2, 0.25) is 0 Å². The van der Waals surface area contributed by atoms with Crippen molar-refractivity contribution in [1.82, 2.24) is 9.97 Å². The Kier molecular flexibility index (Phi) is 11.5. The number of hydrogen-bond acceptors (Lipinski definition) is 2. The SMILES string of the molecule is [Ir].[c-]1ccc(-c2cccc(-c3cccc4c(-c5cccc6ccccc56)ccc(-c5cccc6ccccc56)c34)c2)cc1-c1ccccn1.[c-]1ccccc1-c1ccccn1. The molecular formula is C58H38IrN2-2. The predicted molar refractivity (Wildman–Crippen MR) is 251 cm³/mol. The van der Waals surface area contributed by atoms with Gasteiger partial charge in [-0.3, -0.25) is 0 Å². The molecule has 0 aliphatic carbocycles. The second-order valence-corrected chi connectivity index (χ2v) is 14.7. The molecule has 3 heteroatoms. The second kappa shape index (κ2) is 17.9. The second-order valence-electron chi connectivity index (χ2n) is 14.7. The zero-order valence-electron chi connectivity index (χ0n) is 33.2. The van der Waals surface area contributed by atoms with E-state index < -0.39 is 0 Å². The summed E-state index contributed by atoms with van der Waals surface area (Å²) < 4.78 is 0. The molecule has 0 aliphatic heterocycles. The molecule has 2 heterocycles. The Morgan fingerprint density at radius 2 is 0.820 bits per heavy atom. The number of benzene rings is 9. The topological polar surface area (TPSA) is 25.8 Å². The molecular weight excluding hydrogens is 917 g/mol. The van der Waals surface area contributed by atoms with Crippen molar-refractivity contribution in [2.45, 2.75) is 0 Å². The zero-order chi connectivity index (χ0) is 40.1. The number of fused-ring (bicyclic) bond motifs is 3. The molecule has 291 valence electrons. The molecule has 0 atom stereocenters. The molecule has 0 N–H and O–H groups in total. The summed E-state index contributed by atoms with van der Waals surface area (Å²) in [6.07, 6.45) is 3.62. The van der Waals surface area contributed by atoms with E-state index in [9.17, 15) is 0 Å². The van der Waals surface area contributed by atoms with Crippen LogP contribution in [0.15, 0.2) is 231 Å². The summed E-state index contributed by atoms with van der Waals surface area (Å²) in [5.74, 6) is 0. The van der Waals surface area contributed by atoms with E-state index in [1.165, 1.54) is 65.7 Å². The minimum absolute atomic E-state index is 0. The van der Waals surface area contributed by atoms with Crippen LogP contribution in [-0.2, 0) is 20.1 Å². The number of rotatable bonds is 6. The molecule has 2 aromatic heterocycles. The largest absolute Gasteiger partial charge is 0.305 e. The molecule has 0 aliphatic rings. The first-order chi connectivity index (χ1) is 29.8. The molecule has 11 aromatic rings. The van der Waals surface area contributed by atoms with Gasteiger partial charge in [-0.15, -0.1) is 71.3 Å². The van der Waals surface area contributed by atoms with E-state index in [1.54, 1.807) is 6.20 Å². The molecule has 0 spiro atoms. The molecule has 0 saturated heterocycles. The molecule has 0 unspecified atom stereocenters. The molecule has 0 saturated carbocycles. The summed E-state index contributed by atoms with van der Waals surface area (Å²) in [5, 5.41) is 7.50. The number of pyridine rings is 2. The first-order valence-corrected chi connectivity index (χ1v) is 20.2. The number of nitrogens with zero attached hydrogens (tertiary/aromatic N) is 2. The average molecular weight is 955 g/mol. The summed E-state index contributed by atoms with van der Waals surface area (Å²) in [6.45, 7) is 0. The van der Waals surface area contributed by atoms with Crippen molar-refractivity contribution < 1.29 is 20.1 Å². The van der Waals surface area contributed by atoms with Crippen molar-refractivity contribution in [3.8, 4) is 67.0 Å². The molecule has 0 bridgehead atoms. The smallest absolute Gasteiger partial charge is 0.0160 e. The maximum atomic E-state index is 4.56. The van der Waals surface area contributed by atoms with E-state index in [4.69, 9.17) is 0 Å². The van der Waals surface area contributed by atoms with E-state index >= 15 is 0 Å². The molecule has 9 aromatic carbocycles. The Balaban J connectivity index is 0.000000316. The van der Waals surface area contributed by atoms with Crippen molar-refractivity contribution >= 4 is 32.3 Å². The Hall–Kier alpha value is -7.29. The fourth-order valence-corrected chi connectivity index (χ4v) is 8.28. The van der Waals surface area contributed by atoms with Crippen LogP contribution < -0.4 is 0 Å². The average Bonchev–Trinajstić information content (AvgIpc) is 3.34. The monoisotopic (exact) mass is 955 g/mol. The maximum Gasteiger partial charge on any atom is 0.0160 e. The third-order valence-electron chi connectivity index (χ3n) is 11.1. The van der Waals surface area contributed by atoms with E-state index in [0.29, 0.717) is 0 Å². The van der Waals surface area contributed by atoms with Gasteiger partial charge in [-0.25, -0.2) is 0 Å². The summed E-state index contributed by atoms with van der Waals surface area (Å²) in [7, 11) is 0. The number of hydrogen-bond donors (Lipinski definition) is 0. The van der Waals surface area contributed by atoms with Crippen LogP contribution in [0.2, 0.25) is 0 Å². The summed E-state index contributed by atoms with van der Waals surface area (Å²) >= 11 is 0. The van der Waals surface area contributed by atoms with Gasteiger partial charge in [0, 0.05) is 32.5 Å². The fraction of sp³-hybridized carbons (Fsp3) is 0. The first-order valence-electron chi connectivity index (χ1n) is 20.2. The molecule has 1 radical (unpaired) electrons. The van der Waals surface area contributed by atoms with Crippen LogP contribution in [0.5, 0.6) is 0 Å². The third kappa shape index (κ3) is 8.06. The van der Waals surface area contributed by atoms with Gasteiger partial charge in [0.25, 0.3) is 0 Å². The van der Waals surface area contributed by atoms with E-state index in [1.807, 2.05) is 72.9 Å². The van der Waals surface area contributed by atoms with Crippen LogP contribution in [0.25, 0.3) is 99.3 Å². The predicted octanol–water partition coefficient (Wildman–Crippen LogP) is 15.2. The molecule has 2 nitrogen and oxygen atoms in total. The molecule has 61 heavy (non-hydrogen) atoms. The van der Waals surface area contributed by atoms with Crippen molar-refractivity contribution in [2.75, 3.05) is 0 Å². The maximum absolute atomic E-state index is 4.56. The van der Waals surface area contributed by atoms with Gasteiger partial charge in [0.1, 0.15) is 0 Å². The van der Waals surface area contributed by atoms with E-state index in [2.05, 4.69) is 174 Å². The van der Waals surface area contributed by atoms with Crippen molar-refractivity contribution in [3.05, 3.63) is 243 Å². The van der Waals surface area contributed by atoms with Crippen LogP contribution in [0.4, 0.5) is 0 Å². The van der Waals surface area contributed by atoms with Crippen molar-refractivity contribution in [2.24, 2.45) is 0 Å². The molecule has 0 fully saturated rings. The Bertz CT molecular complexity index is 3210. The zero-order valence-corrected chi connectivity index (χ0v) is 35.6. The summed E-state index contributed by atoms with van der Waals surface area (Å²) in [5.41, 5.74) is 13.6. The Morgan fingerprint density at radius 1 is 0.311 bits per heavy atom. The van der Waals surface area contributed by atoms with Gasteiger partial charge in [-0.1, -0.05) is 158 Å². The fourth-order valence-electron chi connectivity index (χ4n) is 8.28. The van der Waals surface area contributed by atoms with Gasteiger partial charge in [0.15, 0.2) is 0 Å². The van der Waals surface area contributed by atoms with E-state index in [-0.39, 0.29) is 20.1 Å². The van der Waals surface area contributed by atoms with Gasteiger partial charge in [-0.05, 0) is 101 Å². The normalized spacial score (nSPS) is 10.8. The Morgan fingerprint density at radius 3 is 1.51 bits per heavy atom. The van der Waals surface area contributed by atoms with Crippen LogP contribution in [-0.4, -0.2) is 9.97 Å². The summed E-state index contributed by atoms with van der Waals surface area (Å²) in [4.78, 5) is 8.78. The molecule has 0 amide bonds. The third-order valence-corrected chi connectivity index (χ3v) is 11.1. The van der Waals surface area contributed by atoms with E-state index in [0.717, 1.165) is 33.6 Å². The Labute approximate surface area is 370 Å². The minimum Gasteiger partial charge on any atom is -0.305 e.